The van der Waals surface area contributed by atoms with Crippen LogP contribution in [0.3, 0.4) is 0 Å². The summed E-state index contributed by atoms with van der Waals surface area (Å²) in [4.78, 5) is 10.8. The summed E-state index contributed by atoms with van der Waals surface area (Å²) in [5.74, 6) is 0.763. The van der Waals surface area contributed by atoms with Crippen LogP contribution in [0.15, 0.2) is 24.3 Å². The summed E-state index contributed by atoms with van der Waals surface area (Å²) in [6.07, 6.45) is -0.120. The van der Waals surface area contributed by atoms with Crippen molar-refractivity contribution in [1.82, 2.24) is 0 Å². The highest BCUT2D eigenvalue weighted by Crippen LogP contribution is 2.23. The molecule has 0 aliphatic rings. The molecule has 0 aromatic heterocycles. The molecule has 0 amide bonds. The molecule has 1 rings (SSSR count). The monoisotopic (exact) mass is 222 g/mol. The van der Waals surface area contributed by atoms with Gasteiger partial charge in [0.15, 0.2) is 0 Å². The Bertz CT molecular complexity index is 343. The van der Waals surface area contributed by atoms with Gasteiger partial charge in [0.25, 0.3) is 0 Å². The van der Waals surface area contributed by atoms with E-state index in [1.807, 2.05) is 38.1 Å². The van der Waals surface area contributed by atoms with Gasteiger partial charge in [-0.15, -0.1) is 0 Å². The first-order chi connectivity index (χ1) is 7.54. The maximum Gasteiger partial charge on any atom is 0.302 e. The Balaban J connectivity index is 2.71. The zero-order chi connectivity index (χ0) is 12.1. The lowest BCUT2D eigenvalue weighted by Crippen LogP contribution is -2.19. The van der Waals surface area contributed by atoms with Gasteiger partial charge < -0.3 is 9.47 Å². The Morgan fingerprint density at radius 2 is 1.75 bits per heavy atom. The lowest BCUT2D eigenvalue weighted by molar-refractivity contribution is -0.146. The molecule has 0 heterocycles. The third-order valence-electron chi connectivity index (χ3n) is 2.70. The molecule has 0 radical (unpaired) electrons. The van der Waals surface area contributed by atoms with Crippen LogP contribution in [-0.2, 0) is 9.53 Å². The summed E-state index contributed by atoms with van der Waals surface area (Å²) < 4.78 is 10.2. The molecule has 88 valence electrons. The predicted octanol–water partition coefficient (Wildman–Crippen LogP) is 2.75. The fourth-order valence-electron chi connectivity index (χ4n) is 1.54. The Kier molecular flexibility index (Phi) is 4.35. The molecule has 1 aromatic carbocycles. The molecule has 2 atom stereocenters. The molecule has 1 aromatic rings. The van der Waals surface area contributed by atoms with Gasteiger partial charge >= 0.3 is 5.97 Å². The van der Waals surface area contributed by atoms with E-state index >= 15 is 0 Å². The molecular formula is C13H18O3. The van der Waals surface area contributed by atoms with Gasteiger partial charge in [-0.1, -0.05) is 19.1 Å². The number of carbonyl (C=O) groups excluding carboxylic acids is 1. The van der Waals surface area contributed by atoms with Gasteiger partial charge in [-0.25, -0.2) is 0 Å². The van der Waals surface area contributed by atoms with Gasteiger partial charge in [0.2, 0.25) is 0 Å². The van der Waals surface area contributed by atoms with Crippen molar-refractivity contribution in [2.45, 2.75) is 32.8 Å². The molecule has 0 bridgehead atoms. The largest absolute Gasteiger partial charge is 0.497 e. The Morgan fingerprint density at radius 1 is 1.19 bits per heavy atom. The van der Waals surface area contributed by atoms with Crippen LogP contribution in [-0.4, -0.2) is 19.2 Å². The van der Waals surface area contributed by atoms with E-state index in [2.05, 4.69) is 0 Å². The minimum atomic E-state index is -0.243. The van der Waals surface area contributed by atoms with Crippen LogP contribution in [0.4, 0.5) is 0 Å². The van der Waals surface area contributed by atoms with Gasteiger partial charge in [0, 0.05) is 12.8 Å². The number of rotatable bonds is 4. The zero-order valence-electron chi connectivity index (χ0n) is 10.2. The van der Waals surface area contributed by atoms with E-state index in [4.69, 9.17) is 9.47 Å². The molecule has 0 saturated carbocycles. The number of ether oxygens (including phenoxy) is 2. The van der Waals surface area contributed by atoms with Crippen LogP contribution in [0.1, 0.15) is 32.3 Å². The lowest BCUT2D eigenvalue weighted by atomic mass is 9.96. The second-order valence-electron chi connectivity index (χ2n) is 3.88. The Morgan fingerprint density at radius 3 is 2.19 bits per heavy atom. The van der Waals surface area contributed by atoms with E-state index in [1.165, 1.54) is 6.92 Å². The van der Waals surface area contributed by atoms with Gasteiger partial charge in [-0.05, 0) is 24.6 Å². The molecule has 0 unspecified atom stereocenters. The molecule has 16 heavy (non-hydrogen) atoms. The van der Waals surface area contributed by atoms with Crippen molar-refractivity contribution in [3.8, 4) is 5.75 Å². The minimum Gasteiger partial charge on any atom is -0.497 e. The number of hydrogen-bond donors (Lipinski definition) is 0. The molecule has 0 N–H and O–H groups in total. The maximum absolute atomic E-state index is 10.8. The third kappa shape index (κ3) is 3.26. The summed E-state index contributed by atoms with van der Waals surface area (Å²) >= 11 is 0. The average molecular weight is 222 g/mol. The summed E-state index contributed by atoms with van der Waals surface area (Å²) in [7, 11) is 1.64. The van der Waals surface area contributed by atoms with Crippen LogP contribution >= 0.6 is 0 Å². The van der Waals surface area contributed by atoms with E-state index in [0.29, 0.717) is 0 Å². The highest BCUT2D eigenvalue weighted by atomic mass is 16.5. The summed E-state index contributed by atoms with van der Waals surface area (Å²) in [6, 6.07) is 7.80. The van der Waals surface area contributed by atoms with E-state index in [-0.39, 0.29) is 18.0 Å². The number of esters is 1. The van der Waals surface area contributed by atoms with Gasteiger partial charge in [-0.3, -0.25) is 4.79 Å². The Labute approximate surface area is 96.4 Å². The normalized spacial score (nSPS) is 14.0. The van der Waals surface area contributed by atoms with Crippen molar-refractivity contribution in [3.05, 3.63) is 29.8 Å². The van der Waals surface area contributed by atoms with Gasteiger partial charge in [0.1, 0.15) is 11.9 Å². The lowest BCUT2D eigenvalue weighted by Gasteiger charge is -2.20. The van der Waals surface area contributed by atoms with Gasteiger partial charge in [-0.2, -0.15) is 0 Å². The highest BCUT2D eigenvalue weighted by Gasteiger charge is 2.16. The molecule has 0 aliphatic heterocycles. The number of methoxy groups -OCH3 is 1. The maximum atomic E-state index is 10.8. The fraction of sp³-hybridized carbons (Fsp3) is 0.462. The van der Waals surface area contributed by atoms with Crippen LogP contribution in [0, 0.1) is 0 Å². The molecule has 3 nitrogen and oxygen atoms in total. The van der Waals surface area contributed by atoms with Crippen LogP contribution < -0.4 is 4.74 Å². The second-order valence-corrected chi connectivity index (χ2v) is 3.88. The predicted molar refractivity (Wildman–Crippen MR) is 62.6 cm³/mol. The molecule has 0 spiro atoms. The van der Waals surface area contributed by atoms with E-state index in [9.17, 15) is 4.79 Å². The SMILES string of the molecule is COc1ccc([C@H](C)[C@H](C)OC(C)=O)cc1. The first-order valence-electron chi connectivity index (χ1n) is 5.35. The smallest absolute Gasteiger partial charge is 0.302 e. The van der Waals surface area contributed by atoms with Crippen molar-refractivity contribution >= 4 is 5.97 Å². The summed E-state index contributed by atoms with van der Waals surface area (Å²) in [5, 5.41) is 0. The van der Waals surface area contributed by atoms with Crippen LogP contribution in [0.5, 0.6) is 5.75 Å². The van der Waals surface area contributed by atoms with Crippen molar-refractivity contribution in [2.24, 2.45) is 0 Å². The van der Waals surface area contributed by atoms with Crippen molar-refractivity contribution in [1.29, 1.82) is 0 Å². The number of hydrogen-bond acceptors (Lipinski definition) is 3. The van der Waals surface area contributed by atoms with E-state index in [1.54, 1.807) is 7.11 Å². The fourth-order valence-corrected chi connectivity index (χ4v) is 1.54. The van der Waals surface area contributed by atoms with Crippen LogP contribution in [0.25, 0.3) is 0 Å². The third-order valence-corrected chi connectivity index (χ3v) is 2.70. The second kappa shape index (κ2) is 5.54. The summed E-state index contributed by atoms with van der Waals surface area (Å²) in [5.41, 5.74) is 1.13. The first-order valence-corrected chi connectivity index (χ1v) is 5.35. The topological polar surface area (TPSA) is 35.5 Å². The summed E-state index contributed by atoms with van der Waals surface area (Å²) in [6.45, 7) is 5.36. The minimum absolute atomic E-state index is 0.120. The van der Waals surface area contributed by atoms with Crippen LogP contribution in [0.2, 0.25) is 0 Å². The van der Waals surface area contributed by atoms with Gasteiger partial charge in [0.05, 0.1) is 7.11 Å². The van der Waals surface area contributed by atoms with E-state index in [0.717, 1.165) is 11.3 Å². The standard InChI is InChI=1S/C13H18O3/c1-9(10(2)16-11(3)14)12-5-7-13(15-4)8-6-12/h5-10H,1-4H3/t9-,10+/m1/s1. The molecule has 0 fully saturated rings. The van der Waals surface area contributed by atoms with E-state index < -0.39 is 0 Å². The molecule has 3 heteroatoms. The molecule has 0 saturated heterocycles. The first kappa shape index (κ1) is 12.6. The van der Waals surface area contributed by atoms with Crippen molar-refractivity contribution in [3.63, 3.8) is 0 Å². The molecular weight excluding hydrogens is 204 g/mol. The average Bonchev–Trinajstić information content (AvgIpc) is 2.27. The number of carbonyl (C=O) groups is 1. The van der Waals surface area contributed by atoms with Crippen molar-refractivity contribution < 1.29 is 14.3 Å². The highest BCUT2D eigenvalue weighted by molar-refractivity contribution is 5.66. The van der Waals surface area contributed by atoms with Crippen molar-refractivity contribution in [2.75, 3.05) is 7.11 Å². The number of benzene rings is 1. The molecule has 0 aliphatic carbocycles. The quantitative estimate of drug-likeness (QED) is 0.735. The Hall–Kier alpha value is -1.51. The zero-order valence-corrected chi connectivity index (χ0v) is 10.2.